The van der Waals surface area contributed by atoms with E-state index in [1.165, 1.54) is 5.56 Å². The first kappa shape index (κ1) is 17.0. The Bertz CT molecular complexity index is 861. The number of nitrogens with one attached hydrogen (secondary N) is 1. The van der Waals surface area contributed by atoms with Crippen molar-refractivity contribution in [1.29, 1.82) is 0 Å². The lowest BCUT2D eigenvalue weighted by atomic mass is 10.2. The highest BCUT2D eigenvalue weighted by Crippen LogP contribution is 2.27. The van der Waals surface area contributed by atoms with Crippen LogP contribution in [0.4, 0.5) is 5.82 Å². The summed E-state index contributed by atoms with van der Waals surface area (Å²) in [6.07, 6.45) is 8.19. The molecular weight excluding hydrogens is 310 g/mol. The van der Waals surface area contributed by atoms with E-state index >= 15 is 0 Å². The molecule has 3 heterocycles. The lowest BCUT2D eigenvalue weighted by Gasteiger charge is -2.08. The molecule has 0 spiro atoms. The second-order valence-electron chi connectivity index (χ2n) is 6.18. The normalized spacial score (nSPS) is 10.7. The van der Waals surface area contributed by atoms with Crippen LogP contribution in [0.5, 0.6) is 0 Å². The average Bonchev–Trinajstić information content (AvgIpc) is 2.99. The lowest BCUT2D eigenvalue weighted by molar-refractivity contribution is 0.677. The first-order valence-electron chi connectivity index (χ1n) is 8.77. The smallest absolute Gasteiger partial charge is 0.214 e. The molecule has 0 bridgehead atoms. The summed E-state index contributed by atoms with van der Waals surface area (Å²) in [7, 11) is 0. The number of aromatic nitrogens is 3. The van der Waals surface area contributed by atoms with Gasteiger partial charge in [-0.15, -0.1) is 0 Å². The number of unbranched alkanes of at least 4 members (excludes halogenated alkanes) is 3. The highest BCUT2D eigenvalue weighted by atomic mass is 15.1. The monoisotopic (exact) mass is 333 g/mol. The van der Waals surface area contributed by atoms with E-state index in [1.807, 2.05) is 18.2 Å². The van der Waals surface area contributed by atoms with Crippen molar-refractivity contribution in [3.05, 3.63) is 59.7 Å². The molecule has 5 heteroatoms. The van der Waals surface area contributed by atoms with E-state index in [9.17, 15) is 0 Å². The van der Waals surface area contributed by atoms with Crippen LogP contribution in [0, 0.1) is 13.5 Å². The molecule has 0 saturated heterocycles. The quantitative estimate of drug-likeness (QED) is 0.484. The number of imidazole rings is 1. The van der Waals surface area contributed by atoms with Gasteiger partial charge >= 0.3 is 0 Å². The molecule has 0 aliphatic rings. The Morgan fingerprint density at radius 2 is 2.04 bits per heavy atom. The third kappa shape index (κ3) is 4.16. The van der Waals surface area contributed by atoms with Crippen molar-refractivity contribution in [2.75, 3.05) is 18.4 Å². The van der Waals surface area contributed by atoms with Crippen LogP contribution >= 0.6 is 0 Å². The van der Waals surface area contributed by atoms with Crippen LogP contribution in [0.3, 0.4) is 0 Å². The Kier molecular flexibility index (Phi) is 5.63. The fourth-order valence-corrected chi connectivity index (χ4v) is 2.87. The highest BCUT2D eigenvalue weighted by Gasteiger charge is 2.14. The van der Waals surface area contributed by atoms with Crippen molar-refractivity contribution in [1.82, 2.24) is 14.4 Å². The van der Waals surface area contributed by atoms with Crippen LogP contribution in [0.25, 0.3) is 21.9 Å². The summed E-state index contributed by atoms with van der Waals surface area (Å²) in [6, 6.07) is 10.1. The topological polar surface area (TPSA) is 46.6 Å². The van der Waals surface area contributed by atoms with Crippen molar-refractivity contribution < 1.29 is 0 Å². The fraction of sp³-hybridized carbons (Fsp3) is 0.350. The zero-order valence-corrected chi connectivity index (χ0v) is 14.6. The van der Waals surface area contributed by atoms with Gasteiger partial charge in [-0.1, -0.05) is 12.5 Å². The molecule has 25 heavy (non-hydrogen) atoms. The van der Waals surface area contributed by atoms with Crippen molar-refractivity contribution in [3.8, 4) is 11.4 Å². The maximum Gasteiger partial charge on any atom is 0.214 e. The Labute approximate surface area is 148 Å². The molecule has 3 aromatic rings. The zero-order valence-electron chi connectivity index (χ0n) is 14.6. The first-order chi connectivity index (χ1) is 12.3. The minimum absolute atomic E-state index is 0.643. The minimum Gasteiger partial charge on any atom is -0.369 e. The first-order valence-corrected chi connectivity index (χ1v) is 8.77. The maximum atomic E-state index is 6.81. The Morgan fingerprint density at radius 3 is 2.84 bits per heavy atom. The van der Waals surface area contributed by atoms with E-state index in [0.29, 0.717) is 6.54 Å². The summed E-state index contributed by atoms with van der Waals surface area (Å²) in [6.45, 7) is 10.4. The van der Waals surface area contributed by atoms with E-state index in [4.69, 9.17) is 11.6 Å². The van der Waals surface area contributed by atoms with Gasteiger partial charge in [0, 0.05) is 25.4 Å². The van der Waals surface area contributed by atoms with Gasteiger partial charge in [-0.25, -0.2) is 11.6 Å². The summed E-state index contributed by atoms with van der Waals surface area (Å²) in [4.78, 5) is 12.6. The Hall–Kier alpha value is -2.87. The van der Waals surface area contributed by atoms with Crippen LogP contribution in [0.15, 0.2) is 42.7 Å². The number of fused-ring (bicyclic) bond motifs is 1. The summed E-state index contributed by atoms with van der Waals surface area (Å²) < 4.78 is 2.09. The van der Waals surface area contributed by atoms with Gasteiger partial charge in [-0.05, 0) is 49.6 Å². The highest BCUT2D eigenvalue weighted by molar-refractivity contribution is 5.74. The van der Waals surface area contributed by atoms with Crippen molar-refractivity contribution >= 4 is 11.5 Å². The minimum atomic E-state index is 0.643. The van der Waals surface area contributed by atoms with Crippen LogP contribution in [-0.4, -0.2) is 27.5 Å². The number of pyridine rings is 2. The fourth-order valence-electron chi connectivity index (χ4n) is 2.87. The predicted octanol–water partition coefficient (Wildman–Crippen LogP) is 4.60. The number of aryl methyl sites for hydroxylation is 1. The van der Waals surface area contributed by atoms with Gasteiger partial charge < -0.3 is 10.2 Å². The molecule has 0 aliphatic heterocycles. The van der Waals surface area contributed by atoms with Crippen LogP contribution in [0.1, 0.15) is 31.2 Å². The number of rotatable bonds is 8. The Morgan fingerprint density at radius 1 is 1.16 bits per heavy atom. The van der Waals surface area contributed by atoms with Crippen LogP contribution in [-0.2, 0) is 0 Å². The van der Waals surface area contributed by atoms with Crippen molar-refractivity contribution in [2.45, 2.75) is 32.6 Å². The second-order valence-corrected chi connectivity index (χ2v) is 6.18. The molecule has 0 unspecified atom stereocenters. The largest absolute Gasteiger partial charge is 0.369 e. The molecule has 3 rings (SSSR count). The zero-order chi connectivity index (χ0) is 17.5. The van der Waals surface area contributed by atoms with Crippen LogP contribution < -0.4 is 5.32 Å². The van der Waals surface area contributed by atoms with Crippen molar-refractivity contribution in [3.63, 3.8) is 0 Å². The molecule has 0 aliphatic carbocycles. The molecule has 0 aromatic carbocycles. The number of hydrogen-bond donors (Lipinski definition) is 1. The van der Waals surface area contributed by atoms with E-state index in [1.54, 1.807) is 6.20 Å². The van der Waals surface area contributed by atoms with E-state index in [0.717, 1.165) is 55.1 Å². The molecular formula is C20H23N5. The van der Waals surface area contributed by atoms with Gasteiger partial charge in [0.2, 0.25) is 6.54 Å². The summed E-state index contributed by atoms with van der Waals surface area (Å²) in [5, 5.41) is 3.55. The van der Waals surface area contributed by atoms with Gasteiger partial charge in [-0.2, -0.15) is 0 Å². The van der Waals surface area contributed by atoms with E-state index < -0.39 is 0 Å². The molecule has 0 fully saturated rings. The molecule has 3 aromatic heterocycles. The van der Waals surface area contributed by atoms with Crippen LogP contribution in [0.2, 0.25) is 0 Å². The van der Waals surface area contributed by atoms with Gasteiger partial charge in [-0.3, -0.25) is 9.38 Å². The van der Waals surface area contributed by atoms with Crippen molar-refractivity contribution in [2.24, 2.45) is 0 Å². The van der Waals surface area contributed by atoms with E-state index in [2.05, 4.69) is 44.8 Å². The van der Waals surface area contributed by atoms with E-state index in [-0.39, 0.29) is 0 Å². The van der Waals surface area contributed by atoms with Gasteiger partial charge in [0.1, 0.15) is 17.2 Å². The summed E-state index contributed by atoms with van der Waals surface area (Å²) >= 11 is 0. The third-order valence-electron chi connectivity index (χ3n) is 4.18. The number of anilines is 1. The molecule has 1 N–H and O–H groups in total. The standard InChI is InChI=1S/C20H23N5/c1-16-10-14-25-18(15-16)24-19(17-9-5-8-12-22-17)20(25)23-13-7-4-3-6-11-21-2/h5,8-10,12,14-15,23H,3-4,6-7,11,13H2,1H3. The molecule has 5 nitrogen and oxygen atoms in total. The summed E-state index contributed by atoms with van der Waals surface area (Å²) in [5.74, 6) is 0.995. The van der Waals surface area contributed by atoms with Gasteiger partial charge in [0.15, 0.2) is 0 Å². The predicted molar refractivity (Wildman–Crippen MR) is 102 cm³/mol. The van der Waals surface area contributed by atoms with Gasteiger partial charge in [0.05, 0.1) is 5.69 Å². The molecule has 0 amide bonds. The molecule has 128 valence electrons. The molecule has 0 radical (unpaired) electrons. The molecule has 0 saturated carbocycles. The third-order valence-corrected chi connectivity index (χ3v) is 4.18. The lowest BCUT2D eigenvalue weighted by Crippen LogP contribution is -2.05. The SMILES string of the molecule is [C-]#[N+]CCCCCCNc1c(-c2ccccn2)nc2cc(C)ccn12. The maximum absolute atomic E-state index is 6.81. The van der Waals surface area contributed by atoms with Gasteiger partial charge in [0.25, 0.3) is 0 Å². The number of nitrogens with zero attached hydrogens (tertiary/aromatic N) is 4. The Balaban J connectivity index is 1.77. The number of hydrogen-bond acceptors (Lipinski definition) is 3. The molecule has 0 atom stereocenters. The second kappa shape index (κ2) is 8.29. The average molecular weight is 333 g/mol. The summed E-state index contributed by atoms with van der Waals surface area (Å²) in [5.41, 5.74) is 3.89.